The fourth-order valence-corrected chi connectivity index (χ4v) is 3.25. The summed E-state index contributed by atoms with van der Waals surface area (Å²) >= 11 is 0. The summed E-state index contributed by atoms with van der Waals surface area (Å²) in [5.41, 5.74) is 2.86. The number of rotatable bonds is 8. The third kappa shape index (κ3) is 4.99. The van der Waals surface area contributed by atoms with Crippen LogP contribution in [0, 0.1) is 5.92 Å². The van der Waals surface area contributed by atoms with Crippen LogP contribution in [0.4, 0.5) is 0 Å². The van der Waals surface area contributed by atoms with Crippen molar-refractivity contribution in [2.75, 3.05) is 13.1 Å². The van der Waals surface area contributed by atoms with E-state index in [0.717, 1.165) is 32.0 Å². The summed E-state index contributed by atoms with van der Waals surface area (Å²) < 4.78 is 2.14. The van der Waals surface area contributed by atoms with Crippen molar-refractivity contribution in [1.29, 1.82) is 0 Å². The summed E-state index contributed by atoms with van der Waals surface area (Å²) in [5, 5.41) is 8.05. The van der Waals surface area contributed by atoms with E-state index in [1.807, 2.05) is 6.20 Å². The molecule has 0 saturated heterocycles. The topological polar surface area (TPSA) is 29.9 Å². The minimum absolute atomic E-state index is 0.771. The number of aryl methyl sites for hydroxylation is 1. The first-order valence-corrected chi connectivity index (χ1v) is 8.78. The van der Waals surface area contributed by atoms with E-state index in [1.165, 1.54) is 44.2 Å². The molecule has 0 bridgehead atoms. The number of hydrogen-bond acceptors (Lipinski definition) is 2. The average Bonchev–Trinajstić information content (AvgIpc) is 2.95. The maximum atomic E-state index is 4.45. The van der Waals surface area contributed by atoms with Gasteiger partial charge in [0, 0.05) is 19.3 Å². The van der Waals surface area contributed by atoms with E-state index < -0.39 is 0 Å². The SMILES string of the molecule is CCCNCC(=Cc1ccnn1CCC)C1CCCCC1. The van der Waals surface area contributed by atoms with Crippen molar-refractivity contribution >= 4 is 6.08 Å². The van der Waals surface area contributed by atoms with Gasteiger partial charge in [-0.3, -0.25) is 4.68 Å². The van der Waals surface area contributed by atoms with Crippen molar-refractivity contribution in [3.8, 4) is 0 Å². The van der Waals surface area contributed by atoms with Gasteiger partial charge in [-0.05, 0) is 50.3 Å². The van der Waals surface area contributed by atoms with Crippen molar-refractivity contribution in [1.82, 2.24) is 15.1 Å². The Morgan fingerprint density at radius 3 is 2.81 bits per heavy atom. The maximum Gasteiger partial charge on any atom is 0.0610 e. The molecule has 1 aliphatic carbocycles. The Kier molecular flexibility index (Phi) is 7.01. The molecule has 0 aromatic carbocycles. The van der Waals surface area contributed by atoms with E-state index in [-0.39, 0.29) is 0 Å². The molecule has 3 nitrogen and oxygen atoms in total. The monoisotopic (exact) mass is 289 g/mol. The summed E-state index contributed by atoms with van der Waals surface area (Å²) in [6.45, 7) is 7.60. The summed E-state index contributed by atoms with van der Waals surface area (Å²) in [4.78, 5) is 0. The highest BCUT2D eigenvalue weighted by Crippen LogP contribution is 2.30. The van der Waals surface area contributed by atoms with Gasteiger partial charge in [0.25, 0.3) is 0 Å². The van der Waals surface area contributed by atoms with E-state index in [9.17, 15) is 0 Å². The fourth-order valence-electron chi connectivity index (χ4n) is 3.25. The lowest BCUT2D eigenvalue weighted by Gasteiger charge is -2.25. The molecule has 0 radical (unpaired) electrons. The highest BCUT2D eigenvalue weighted by molar-refractivity contribution is 5.50. The third-order valence-corrected chi connectivity index (χ3v) is 4.40. The zero-order chi connectivity index (χ0) is 14.9. The minimum atomic E-state index is 0.771. The lowest BCUT2D eigenvalue weighted by Crippen LogP contribution is -2.23. The van der Waals surface area contributed by atoms with Crippen molar-refractivity contribution in [2.45, 2.75) is 65.3 Å². The zero-order valence-electron chi connectivity index (χ0n) is 13.8. The number of aromatic nitrogens is 2. The van der Waals surface area contributed by atoms with E-state index in [0.29, 0.717) is 0 Å². The Bertz CT molecular complexity index is 427. The molecule has 1 saturated carbocycles. The Morgan fingerprint density at radius 1 is 1.29 bits per heavy atom. The first-order chi connectivity index (χ1) is 10.3. The first kappa shape index (κ1) is 16.3. The van der Waals surface area contributed by atoms with Gasteiger partial charge in [0.1, 0.15) is 0 Å². The van der Waals surface area contributed by atoms with E-state index in [4.69, 9.17) is 0 Å². The quantitative estimate of drug-likeness (QED) is 0.725. The third-order valence-electron chi connectivity index (χ3n) is 4.40. The predicted octanol–water partition coefficient (Wildman–Crippen LogP) is 4.26. The van der Waals surface area contributed by atoms with E-state index >= 15 is 0 Å². The van der Waals surface area contributed by atoms with Gasteiger partial charge in [0.15, 0.2) is 0 Å². The minimum Gasteiger partial charge on any atom is -0.313 e. The molecule has 1 fully saturated rings. The highest BCUT2D eigenvalue weighted by Gasteiger charge is 2.18. The van der Waals surface area contributed by atoms with Gasteiger partial charge < -0.3 is 5.32 Å². The Balaban J connectivity index is 2.11. The second kappa shape index (κ2) is 9.04. The van der Waals surface area contributed by atoms with Crippen molar-refractivity contribution < 1.29 is 0 Å². The molecule has 3 heteroatoms. The molecule has 0 unspecified atom stereocenters. The molecule has 1 aliphatic rings. The predicted molar refractivity (Wildman–Crippen MR) is 90.2 cm³/mol. The molecule has 0 amide bonds. The molecule has 0 spiro atoms. The lowest BCUT2D eigenvalue weighted by molar-refractivity contribution is 0.396. The molecular weight excluding hydrogens is 258 g/mol. The second-order valence-corrected chi connectivity index (χ2v) is 6.21. The highest BCUT2D eigenvalue weighted by atomic mass is 15.3. The zero-order valence-corrected chi connectivity index (χ0v) is 13.8. The Labute approximate surface area is 129 Å². The fraction of sp³-hybridized carbons (Fsp3) is 0.722. The van der Waals surface area contributed by atoms with Gasteiger partial charge in [-0.25, -0.2) is 0 Å². The van der Waals surface area contributed by atoms with Crippen LogP contribution >= 0.6 is 0 Å². The van der Waals surface area contributed by atoms with Crippen LogP contribution in [0.15, 0.2) is 17.8 Å². The summed E-state index contributed by atoms with van der Waals surface area (Å²) in [5.74, 6) is 0.771. The number of hydrogen-bond donors (Lipinski definition) is 1. The molecule has 118 valence electrons. The van der Waals surface area contributed by atoms with Crippen molar-refractivity contribution in [3.63, 3.8) is 0 Å². The molecule has 1 aromatic heterocycles. The normalized spacial score (nSPS) is 17.3. The largest absolute Gasteiger partial charge is 0.313 e. The maximum absolute atomic E-state index is 4.45. The van der Waals surface area contributed by atoms with E-state index in [1.54, 1.807) is 5.57 Å². The van der Waals surface area contributed by atoms with Gasteiger partial charge in [0.2, 0.25) is 0 Å². The first-order valence-electron chi connectivity index (χ1n) is 8.78. The number of nitrogens with zero attached hydrogens (tertiary/aromatic N) is 2. The molecule has 1 heterocycles. The van der Waals surface area contributed by atoms with Crippen LogP contribution in [0.2, 0.25) is 0 Å². The van der Waals surface area contributed by atoms with Gasteiger partial charge in [-0.1, -0.05) is 38.7 Å². The van der Waals surface area contributed by atoms with Crippen LogP contribution < -0.4 is 5.32 Å². The van der Waals surface area contributed by atoms with Crippen LogP contribution in [0.5, 0.6) is 0 Å². The van der Waals surface area contributed by atoms with Gasteiger partial charge in [0.05, 0.1) is 5.69 Å². The van der Waals surface area contributed by atoms with Crippen LogP contribution in [-0.4, -0.2) is 22.9 Å². The van der Waals surface area contributed by atoms with Crippen LogP contribution in [0.1, 0.15) is 64.5 Å². The van der Waals surface area contributed by atoms with Crippen LogP contribution in [0.25, 0.3) is 6.08 Å². The summed E-state index contributed by atoms with van der Waals surface area (Å²) in [6.07, 6.45) is 13.6. The van der Waals surface area contributed by atoms with Gasteiger partial charge in [-0.15, -0.1) is 0 Å². The molecule has 2 rings (SSSR count). The van der Waals surface area contributed by atoms with Gasteiger partial charge >= 0.3 is 0 Å². The molecular formula is C18H31N3. The molecule has 0 atom stereocenters. The summed E-state index contributed by atoms with van der Waals surface area (Å²) in [7, 11) is 0. The molecule has 1 N–H and O–H groups in total. The van der Waals surface area contributed by atoms with Crippen LogP contribution in [-0.2, 0) is 6.54 Å². The van der Waals surface area contributed by atoms with Gasteiger partial charge in [-0.2, -0.15) is 5.10 Å². The lowest BCUT2D eigenvalue weighted by atomic mass is 9.83. The number of nitrogens with one attached hydrogen (secondary N) is 1. The van der Waals surface area contributed by atoms with Crippen molar-refractivity contribution in [2.24, 2.45) is 5.92 Å². The molecule has 21 heavy (non-hydrogen) atoms. The van der Waals surface area contributed by atoms with E-state index in [2.05, 4.69) is 41.1 Å². The smallest absolute Gasteiger partial charge is 0.0610 e. The molecule has 0 aliphatic heterocycles. The average molecular weight is 289 g/mol. The Morgan fingerprint density at radius 2 is 2.10 bits per heavy atom. The second-order valence-electron chi connectivity index (χ2n) is 6.21. The standard InChI is InChI=1S/C18H31N3/c1-3-11-19-15-17(16-8-6-5-7-9-16)14-18-10-12-20-21(18)13-4-2/h10,12,14,16,19H,3-9,11,13,15H2,1-2H3. The Hall–Kier alpha value is -1.09. The van der Waals surface area contributed by atoms with Crippen LogP contribution in [0.3, 0.4) is 0 Å². The van der Waals surface area contributed by atoms with Crippen molar-refractivity contribution in [3.05, 3.63) is 23.5 Å². The summed E-state index contributed by atoms with van der Waals surface area (Å²) in [6, 6.07) is 2.15. The molecule has 1 aromatic rings.